The summed E-state index contributed by atoms with van der Waals surface area (Å²) in [7, 11) is 1.67. The van der Waals surface area contributed by atoms with Crippen molar-refractivity contribution in [3.63, 3.8) is 0 Å². The van der Waals surface area contributed by atoms with Crippen molar-refractivity contribution in [3.05, 3.63) is 70.2 Å². The van der Waals surface area contributed by atoms with E-state index in [0.29, 0.717) is 17.9 Å². The number of nitrogens with zero attached hydrogens (tertiary/aromatic N) is 3. The van der Waals surface area contributed by atoms with Crippen molar-refractivity contribution in [1.29, 1.82) is 0 Å². The molecule has 164 valence electrons. The number of hydrazone groups is 1. The van der Waals surface area contributed by atoms with E-state index in [2.05, 4.69) is 5.10 Å². The molecule has 1 aliphatic rings. The van der Waals surface area contributed by atoms with Gasteiger partial charge in [0.2, 0.25) is 5.91 Å². The number of halogens is 1. The van der Waals surface area contributed by atoms with Crippen LogP contribution in [0.3, 0.4) is 0 Å². The Hall–Kier alpha value is -2.66. The molecule has 1 aliphatic heterocycles. The molecule has 2 amide bonds. The summed E-state index contributed by atoms with van der Waals surface area (Å²) in [5.74, 6) is -0.264. The molecule has 0 bridgehead atoms. The van der Waals surface area contributed by atoms with Gasteiger partial charge in [-0.1, -0.05) is 80.4 Å². The van der Waals surface area contributed by atoms with E-state index < -0.39 is 0 Å². The van der Waals surface area contributed by atoms with E-state index in [9.17, 15) is 9.59 Å². The first-order chi connectivity index (χ1) is 14.5. The third-order valence-corrected chi connectivity index (χ3v) is 5.62. The van der Waals surface area contributed by atoms with E-state index in [1.165, 1.54) is 9.91 Å². The van der Waals surface area contributed by atoms with Gasteiger partial charge in [-0.3, -0.25) is 9.59 Å². The van der Waals surface area contributed by atoms with Gasteiger partial charge in [0.25, 0.3) is 5.91 Å². The first-order valence-corrected chi connectivity index (χ1v) is 10.9. The minimum atomic E-state index is -0.231. The molecule has 2 aromatic carbocycles. The SMILES string of the molecule is Cc1ccc([C@@H]2CC(c3ccccc3Cl)=NN2C(=O)CN(C)C(=O)CC(C)(C)C)cc1. The van der Waals surface area contributed by atoms with Crippen LogP contribution in [0.25, 0.3) is 0 Å². The minimum absolute atomic E-state index is 0.0173. The Balaban J connectivity index is 1.86. The topological polar surface area (TPSA) is 53.0 Å². The number of carbonyl (C=O) groups excluding carboxylic acids is 2. The zero-order valence-corrected chi connectivity index (χ0v) is 19.6. The monoisotopic (exact) mass is 439 g/mol. The summed E-state index contributed by atoms with van der Waals surface area (Å²) < 4.78 is 0. The fourth-order valence-corrected chi connectivity index (χ4v) is 3.84. The Morgan fingerprint density at radius 3 is 2.39 bits per heavy atom. The van der Waals surface area contributed by atoms with Crippen molar-refractivity contribution < 1.29 is 9.59 Å². The highest BCUT2D eigenvalue weighted by Gasteiger charge is 2.34. The van der Waals surface area contributed by atoms with Crippen LogP contribution in [0, 0.1) is 12.3 Å². The van der Waals surface area contributed by atoms with E-state index in [1.807, 2.05) is 76.2 Å². The second kappa shape index (κ2) is 9.23. The molecular formula is C25H30ClN3O2. The van der Waals surface area contributed by atoms with Gasteiger partial charge in [0.1, 0.15) is 6.54 Å². The molecule has 0 saturated heterocycles. The number of benzene rings is 2. The van der Waals surface area contributed by atoms with Crippen LogP contribution in [0.4, 0.5) is 0 Å². The van der Waals surface area contributed by atoms with Crippen LogP contribution >= 0.6 is 11.6 Å². The fraction of sp³-hybridized carbons (Fsp3) is 0.400. The first kappa shape index (κ1) is 23.0. The molecule has 3 rings (SSSR count). The third kappa shape index (κ3) is 5.73. The average molecular weight is 440 g/mol. The molecule has 0 aliphatic carbocycles. The fourth-order valence-electron chi connectivity index (χ4n) is 3.60. The highest BCUT2D eigenvalue weighted by molar-refractivity contribution is 6.34. The highest BCUT2D eigenvalue weighted by Crippen LogP contribution is 2.34. The molecule has 0 aromatic heterocycles. The Bertz CT molecular complexity index is 993. The molecule has 0 N–H and O–H groups in total. The van der Waals surface area contributed by atoms with E-state index in [0.717, 1.165) is 22.4 Å². The molecule has 5 nitrogen and oxygen atoms in total. The first-order valence-electron chi connectivity index (χ1n) is 10.5. The summed E-state index contributed by atoms with van der Waals surface area (Å²) in [6.45, 7) is 8.04. The summed E-state index contributed by atoms with van der Waals surface area (Å²) in [5.41, 5.74) is 3.62. The minimum Gasteiger partial charge on any atom is -0.336 e. The van der Waals surface area contributed by atoms with Gasteiger partial charge in [-0.05, 0) is 24.0 Å². The Morgan fingerprint density at radius 2 is 1.77 bits per heavy atom. The van der Waals surface area contributed by atoms with Crippen molar-refractivity contribution in [2.45, 2.75) is 46.6 Å². The molecule has 31 heavy (non-hydrogen) atoms. The maximum absolute atomic E-state index is 13.2. The molecule has 0 fully saturated rings. The molecule has 6 heteroatoms. The summed E-state index contributed by atoms with van der Waals surface area (Å²) in [5, 5.41) is 6.79. The van der Waals surface area contributed by atoms with Crippen molar-refractivity contribution in [2.75, 3.05) is 13.6 Å². The van der Waals surface area contributed by atoms with Gasteiger partial charge in [-0.15, -0.1) is 0 Å². The zero-order valence-electron chi connectivity index (χ0n) is 18.9. The maximum atomic E-state index is 13.2. The number of likely N-dealkylation sites (N-methyl/N-ethyl adjacent to an activating group) is 1. The van der Waals surface area contributed by atoms with Gasteiger partial charge in [0.15, 0.2) is 0 Å². The molecule has 1 atom stereocenters. The zero-order chi connectivity index (χ0) is 22.8. The summed E-state index contributed by atoms with van der Waals surface area (Å²) in [6, 6.07) is 15.4. The predicted molar refractivity (Wildman–Crippen MR) is 125 cm³/mol. The van der Waals surface area contributed by atoms with Crippen molar-refractivity contribution in [2.24, 2.45) is 10.5 Å². The van der Waals surface area contributed by atoms with Gasteiger partial charge in [0.05, 0.1) is 11.8 Å². The molecule has 0 unspecified atom stereocenters. The van der Waals surface area contributed by atoms with Gasteiger partial charge in [-0.25, -0.2) is 5.01 Å². The number of aryl methyl sites for hydroxylation is 1. The van der Waals surface area contributed by atoms with Crippen molar-refractivity contribution >= 4 is 29.1 Å². The van der Waals surface area contributed by atoms with Crippen LogP contribution in [0.5, 0.6) is 0 Å². The van der Waals surface area contributed by atoms with E-state index >= 15 is 0 Å². The number of hydrogen-bond donors (Lipinski definition) is 0. The molecule has 2 aromatic rings. The highest BCUT2D eigenvalue weighted by atomic mass is 35.5. The molecule has 0 radical (unpaired) electrons. The Morgan fingerprint density at radius 1 is 1.13 bits per heavy atom. The van der Waals surface area contributed by atoms with Crippen molar-refractivity contribution in [1.82, 2.24) is 9.91 Å². The smallest absolute Gasteiger partial charge is 0.262 e. The van der Waals surface area contributed by atoms with Crippen LogP contribution in [0.1, 0.15) is 56.3 Å². The largest absolute Gasteiger partial charge is 0.336 e. The lowest BCUT2D eigenvalue weighted by molar-refractivity contribution is -0.141. The lowest BCUT2D eigenvalue weighted by Crippen LogP contribution is -2.40. The Labute approximate surface area is 189 Å². The molecule has 0 saturated carbocycles. The van der Waals surface area contributed by atoms with Crippen LogP contribution in [-0.4, -0.2) is 41.0 Å². The normalized spacial score (nSPS) is 16.3. The van der Waals surface area contributed by atoms with Gasteiger partial charge in [-0.2, -0.15) is 5.10 Å². The van der Waals surface area contributed by atoms with Gasteiger partial charge in [0, 0.05) is 30.5 Å². The van der Waals surface area contributed by atoms with Crippen LogP contribution in [-0.2, 0) is 9.59 Å². The maximum Gasteiger partial charge on any atom is 0.262 e. The third-order valence-electron chi connectivity index (χ3n) is 5.29. The second-order valence-electron chi connectivity index (χ2n) is 9.38. The van der Waals surface area contributed by atoms with Gasteiger partial charge < -0.3 is 4.90 Å². The summed E-state index contributed by atoms with van der Waals surface area (Å²) in [4.78, 5) is 27.2. The quantitative estimate of drug-likeness (QED) is 0.641. The van der Waals surface area contributed by atoms with Gasteiger partial charge >= 0.3 is 0 Å². The number of rotatable bonds is 5. The molecule has 0 spiro atoms. The summed E-state index contributed by atoms with van der Waals surface area (Å²) >= 11 is 6.40. The van der Waals surface area contributed by atoms with Crippen LogP contribution in [0.2, 0.25) is 5.02 Å². The summed E-state index contributed by atoms with van der Waals surface area (Å²) in [6.07, 6.45) is 0.949. The van der Waals surface area contributed by atoms with E-state index in [1.54, 1.807) is 7.05 Å². The lowest BCUT2D eigenvalue weighted by atomic mass is 9.92. The number of carbonyl (C=O) groups is 2. The molecule has 1 heterocycles. The molecular weight excluding hydrogens is 410 g/mol. The second-order valence-corrected chi connectivity index (χ2v) is 9.79. The Kier molecular flexibility index (Phi) is 6.85. The number of hydrogen-bond acceptors (Lipinski definition) is 3. The van der Waals surface area contributed by atoms with E-state index in [-0.39, 0.29) is 29.8 Å². The van der Waals surface area contributed by atoms with Crippen LogP contribution < -0.4 is 0 Å². The predicted octanol–water partition coefficient (Wildman–Crippen LogP) is 5.22. The van der Waals surface area contributed by atoms with E-state index in [4.69, 9.17) is 11.6 Å². The number of amides is 2. The van der Waals surface area contributed by atoms with Crippen molar-refractivity contribution in [3.8, 4) is 0 Å². The average Bonchev–Trinajstić information content (AvgIpc) is 3.13. The lowest BCUT2D eigenvalue weighted by Gasteiger charge is -2.26. The standard InChI is InChI=1S/C25H30ClN3O2/c1-17-10-12-18(13-11-17)22-14-21(19-8-6-7-9-20(19)26)27-29(22)24(31)16-28(5)23(30)15-25(2,3)4/h6-13,22H,14-16H2,1-5H3/t22-/m0/s1. The van der Waals surface area contributed by atoms with Crippen LogP contribution in [0.15, 0.2) is 53.6 Å².